The quantitative estimate of drug-likeness (QED) is 0.910. The molecule has 1 N–H and O–H groups in total. The predicted octanol–water partition coefficient (Wildman–Crippen LogP) is 2.41. The van der Waals surface area contributed by atoms with E-state index in [0.717, 1.165) is 42.7 Å². The van der Waals surface area contributed by atoms with Gasteiger partial charge in [-0.05, 0) is 13.8 Å². The van der Waals surface area contributed by atoms with Gasteiger partial charge in [0.2, 0.25) is 0 Å². The van der Waals surface area contributed by atoms with E-state index >= 15 is 0 Å². The van der Waals surface area contributed by atoms with E-state index in [-0.39, 0.29) is 0 Å². The Labute approximate surface area is 114 Å². The highest BCUT2D eigenvalue weighted by Crippen LogP contribution is 2.32. The van der Waals surface area contributed by atoms with Gasteiger partial charge in [-0.25, -0.2) is 9.97 Å². The van der Waals surface area contributed by atoms with Crippen LogP contribution in [-0.4, -0.2) is 40.6 Å². The fraction of sp³-hybridized carbons (Fsp3) is 0.692. The minimum absolute atomic E-state index is 0.301. The standard InChI is InChI=1S/C13H22N4S/c1-5-10-15-11(14-4)8-12(16-10)17-6-7-18-13(2,3)9-17/h8H,5-7,9H2,1-4H3,(H,14,15,16). The maximum atomic E-state index is 4.65. The van der Waals surface area contributed by atoms with E-state index in [2.05, 4.69) is 41.0 Å². The Bertz CT molecular complexity index is 397. The third-order valence-corrected chi connectivity index (χ3v) is 4.38. The van der Waals surface area contributed by atoms with Crippen molar-refractivity contribution in [3.63, 3.8) is 0 Å². The van der Waals surface area contributed by atoms with Gasteiger partial charge in [-0.2, -0.15) is 11.8 Å². The highest BCUT2D eigenvalue weighted by Gasteiger charge is 2.28. The van der Waals surface area contributed by atoms with E-state index < -0.39 is 0 Å². The summed E-state index contributed by atoms with van der Waals surface area (Å²) in [5.41, 5.74) is 0. The average molecular weight is 266 g/mol. The molecule has 0 saturated carbocycles. The Morgan fingerprint density at radius 3 is 2.83 bits per heavy atom. The maximum Gasteiger partial charge on any atom is 0.134 e. The van der Waals surface area contributed by atoms with Crippen LogP contribution in [0.5, 0.6) is 0 Å². The zero-order chi connectivity index (χ0) is 13.2. The van der Waals surface area contributed by atoms with Gasteiger partial charge >= 0.3 is 0 Å². The Morgan fingerprint density at radius 1 is 1.44 bits per heavy atom. The number of hydrogen-bond donors (Lipinski definition) is 1. The van der Waals surface area contributed by atoms with Crippen LogP contribution in [0.25, 0.3) is 0 Å². The molecule has 0 aromatic carbocycles. The molecule has 0 bridgehead atoms. The molecule has 100 valence electrons. The summed E-state index contributed by atoms with van der Waals surface area (Å²) in [6.45, 7) is 8.79. The summed E-state index contributed by atoms with van der Waals surface area (Å²) < 4.78 is 0.301. The molecule has 0 radical (unpaired) electrons. The summed E-state index contributed by atoms with van der Waals surface area (Å²) in [4.78, 5) is 11.5. The molecular formula is C13H22N4S. The minimum atomic E-state index is 0.301. The molecule has 0 aliphatic carbocycles. The van der Waals surface area contributed by atoms with Crippen LogP contribution in [0.4, 0.5) is 11.6 Å². The Balaban J connectivity index is 2.26. The first-order valence-corrected chi connectivity index (χ1v) is 7.47. The molecule has 2 heterocycles. The number of rotatable bonds is 3. The van der Waals surface area contributed by atoms with Crippen molar-refractivity contribution in [1.29, 1.82) is 0 Å². The van der Waals surface area contributed by atoms with E-state index in [0.29, 0.717) is 4.75 Å². The highest BCUT2D eigenvalue weighted by atomic mass is 32.2. The van der Waals surface area contributed by atoms with Gasteiger partial charge in [-0.1, -0.05) is 6.92 Å². The first-order valence-electron chi connectivity index (χ1n) is 6.48. The second kappa shape index (κ2) is 5.34. The van der Waals surface area contributed by atoms with E-state index in [1.165, 1.54) is 0 Å². The zero-order valence-electron chi connectivity index (χ0n) is 11.7. The number of aryl methyl sites for hydroxylation is 1. The van der Waals surface area contributed by atoms with E-state index in [1.807, 2.05) is 24.9 Å². The SMILES string of the molecule is CCc1nc(NC)cc(N2CCSC(C)(C)C2)n1. The van der Waals surface area contributed by atoms with Gasteiger partial charge < -0.3 is 10.2 Å². The number of nitrogens with zero attached hydrogens (tertiary/aromatic N) is 3. The van der Waals surface area contributed by atoms with Crippen LogP contribution in [0.1, 0.15) is 26.6 Å². The molecule has 1 aromatic heterocycles. The minimum Gasteiger partial charge on any atom is -0.373 e. The smallest absolute Gasteiger partial charge is 0.134 e. The third kappa shape index (κ3) is 3.07. The van der Waals surface area contributed by atoms with E-state index in [9.17, 15) is 0 Å². The Hall–Kier alpha value is -0.970. The van der Waals surface area contributed by atoms with Crippen molar-refractivity contribution in [2.24, 2.45) is 0 Å². The molecule has 0 spiro atoms. The van der Waals surface area contributed by atoms with Crippen molar-refractivity contribution in [3.8, 4) is 0 Å². The molecule has 1 aliphatic heterocycles. The molecule has 0 unspecified atom stereocenters. The zero-order valence-corrected chi connectivity index (χ0v) is 12.5. The molecule has 1 aliphatic rings. The maximum absolute atomic E-state index is 4.65. The van der Waals surface area contributed by atoms with Gasteiger partial charge in [0.15, 0.2) is 0 Å². The van der Waals surface area contributed by atoms with E-state index in [1.54, 1.807) is 0 Å². The second-order valence-corrected chi connectivity index (χ2v) is 6.96. The van der Waals surface area contributed by atoms with Crippen LogP contribution >= 0.6 is 11.8 Å². The molecule has 1 aromatic rings. The average Bonchev–Trinajstić information content (AvgIpc) is 2.37. The topological polar surface area (TPSA) is 41.1 Å². The van der Waals surface area contributed by atoms with Gasteiger partial charge in [-0.3, -0.25) is 0 Å². The first kappa shape index (κ1) is 13.5. The lowest BCUT2D eigenvalue weighted by molar-refractivity contribution is 0.640. The summed E-state index contributed by atoms with van der Waals surface area (Å²) in [7, 11) is 1.90. The molecule has 2 rings (SSSR count). The fourth-order valence-corrected chi connectivity index (χ4v) is 3.25. The van der Waals surface area contributed by atoms with Crippen LogP contribution in [0.15, 0.2) is 6.07 Å². The summed E-state index contributed by atoms with van der Waals surface area (Å²) >= 11 is 2.04. The lowest BCUT2D eigenvalue weighted by Gasteiger charge is -2.38. The predicted molar refractivity (Wildman–Crippen MR) is 79.7 cm³/mol. The molecule has 0 amide bonds. The van der Waals surface area contributed by atoms with Crippen molar-refractivity contribution in [2.75, 3.05) is 36.1 Å². The van der Waals surface area contributed by atoms with Crippen molar-refractivity contribution in [2.45, 2.75) is 31.9 Å². The highest BCUT2D eigenvalue weighted by molar-refractivity contribution is 8.00. The number of aromatic nitrogens is 2. The summed E-state index contributed by atoms with van der Waals surface area (Å²) in [5.74, 6) is 4.04. The molecule has 1 fully saturated rings. The molecule has 1 saturated heterocycles. The van der Waals surface area contributed by atoms with Crippen molar-refractivity contribution in [3.05, 3.63) is 11.9 Å². The molecule has 5 heteroatoms. The van der Waals surface area contributed by atoms with Gasteiger partial charge in [0.05, 0.1) is 0 Å². The lowest BCUT2D eigenvalue weighted by atomic mass is 10.2. The molecule has 18 heavy (non-hydrogen) atoms. The van der Waals surface area contributed by atoms with E-state index in [4.69, 9.17) is 0 Å². The Kier molecular flexibility index (Phi) is 4.00. The second-order valence-electron chi connectivity index (χ2n) is 5.16. The van der Waals surface area contributed by atoms with Crippen LogP contribution in [0.3, 0.4) is 0 Å². The number of nitrogens with one attached hydrogen (secondary N) is 1. The number of thioether (sulfide) groups is 1. The normalized spacial score (nSPS) is 18.8. The van der Waals surface area contributed by atoms with Gasteiger partial charge in [0.1, 0.15) is 17.5 Å². The van der Waals surface area contributed by atoms with Gasteiger partial charge in [-0.15, -0.1) is 0 Å². The summed E-state index contributed by atoms with van der Waals surface area (Å²) in [6.07, 6.45) is 0.870. The lowest BCUT2D eigenvalue weighted by Crippen LogP contribution is -2.43. The van der Waals surface area contributed by atoms with Gasteiger partial charge in [0.25, 0.3) is 0 Å². The molecule has 4 nitrogen and oxygen atoms in total. The summed E-state index contributed by atoms with van der Waals surface area (Å²) in [5, 5.41) is 3.12. The monoisotopic (exact) mass is 266 g/mol. The van der Waals surface area contributed by atoms with Crippen LogP contribution in [0, 0.1) is 0 Å². The van der Waals surface area contributed by atoms with Gasteiger partial charge in [0, 0.05) is 43.1 Å². The van der Waals surface area contributed by atoms with Crippen molar-refractivity contribution < 1.29 is 0 Å². The largest absolute Gasteiger partial charge is 0.373 e. The van der Waals surface area contributed by atoms with Crippen molar-refractivity contribution >= 4 is 23.4 Å². The fourth-order valence-electron chi connectivity index (χ4n) is 2.14. The van der Waals surface area contributed by atoms with Crippen LogP contribution < -0.4 is 10.2 Å². The third-order valence-electron chi connectivity index (χ3n) is 3.08. The Morgan fingerprint density at radius 2 is 2.22 bits per heavy atom. The number of hydrogen-bond acceptors (Lipinski definition) is 5. The van der Waals surface area contributed by atoms with Crippen molar-refractivity contribution in [1.82, 2.24) is 9.97 Å². The first-order chi connectivity index (χ1) is 8.54. The van der Waals surface area contributed by atoms with Crippen LogP contribution in [-0.2, 0) is 6.42 Å². The van der Waals surface area contributed by atoms with Crippen LogP contribution in [0.2, 0.25) is 0 Å². The molecular weight excluding hydrogens is 244 g/mol. The summed E-state index contributed by atoms with van der Waals surface area (Å²) in [6, 6.07) is 2.05. The number of anilines is 2. The molecule has 0 atom stereocenters.